The number of ether oxygens (including phenoxy) is 2. The van der Waals surface area contributed by atoms with Gasteiger partial charge in [0, 0.05) is 11.6 Å². The Bertz CT molecular complexity index is 236. The van der Waals surface area contributed by atoms with Crippen molar-refractivity contribution in [2.24, 2.45) is 0 Å². The van der Waals surface area contributed by atoms with Crippen LogP contribution >= 0.6 is 0 Å². The van der Waals surface area contributed by atoms with Gasteiger partial charge in [0.25, 0.3) is 0 Å². The van der Waals surface area contributed by atoms with E-state index in [1.165, 1.54) is 7.11 Å². The summed E-state index contributed by atoms with van der Waals surface area (Å²) in [6, 6.07) is 0. The molecule has 0 spiro atoms. The van der Waals surface area contributed by atoms with Gasteiger partial charge in [-0.3, -0.25) is 5.32 Å². The minimum Gasteiger partial charge on any atom is -0.466 e. The van der Waals surface area contributed by atoms with Crippen molar-refractivity contribution in [2.45, 2.75) is 6.92 Å². The van der Waals surface area contributed by atoms with Crippen molar-refractivity contribution in [3.63, 3.8) is 0 Å². The fraction of sp³-hybridized carbons (Fsp3) is 0.400. The van der Waals surface area contributed by atoms with Crippen LogP contribution in [0.2, 0.25) is 0 Å². The molecule has 0 aromatic rings. The van der Waals surface area contributed by atoms with Crippen LogP contribution in [0.4, 0.5) is 0 Å². The first-order chi connectivity index (χ1) is 6.99. The van der Waals surface area contributed by atoms with Crippen molar-refractivity contribution < 1.29 is 19.1 Å². The fourth-order valence-corrected chi connectivity index (χ4v) is 0.344. The molecule has 15 heavy (non-hydrogen) atoms. The lowest BCUT2D eigenvalue weighted by molar-refractivity contribution is -0.139. The van der Waals surface area contributed by atoms with Crippen molar-refractivity contribution in [2.75, 3.05) is 20.9 Å². The first-order valence-electron chi connectivity index (χ1n) is 4.17. The van der Waals surface area contributed by atoms with E-state index in [1.54, 1.807) is 14.0 Å². The van der Waals surface area contributed by atoms with Gasteiger partial charge in [-0.15, -0.1) is 0 Å². The minimum atomic E-state index is -0.394. The quantitative estimate of drug-likeness (QED) is 0.423. The van der Waals surface area contributed by atoms with Gasteiger partial charge in [0.1, 0.15) is 6.73 Å². The zero-order valence-corrected chi connectivity index (χ0v) is 9.33. The molecule has 5 heteroatoms. The molecular formula is C10H17NO4. The Morgan fingerprint density at radius 3 is 2.20 bits per heavy atom. The Kier molecular flexibility index (Phi) is 11.0. The van der Waals surface area contributed by atoms with E-state index < -0.39 is 5.97 Å². The lowest BCUT2D eigenvalue weighted by Gasteiger charge is -2.00. The summed E-state index contributed by atoms with van der Waals surface area (Å²) < 4.78 is 8.75. The molecule has 0 unspecified atom stereocenters. The summed E-state index contributed by atoms with van der Waals surface area (Å²) in [6.07, 6.45) is 1.11. The predicted octanol–water partition coefficient (Wildman–Crippen LogP) is 0.628. The van der Waals surface area contributed by atoms with Gasteiger partial charge in [-0.25, -0.2) is 9.59 Å². The van der Waals surface area contributed by atoms with Crippen molar-refractivity contribution in [1.29, 1.82) is 0 Å². The molecule has 0 heterocycles. The highest BCUT2D eigenvalue weighted by Gasteiger charge is 1.99. The van der Waals surface area contributed by atoms with Gasteiger partial charge < -0.3 is 9.47 Å². The highest BCUT2D eigenvalue weighted by Crippen LogP contribution is 1.89. The van der Waals surface area contributed by atoms with Gasteiger partial charge in [0.15, 0.2) is 0 Å². The van der Waals surface area contributed by atoms with Crippen molar-refractivity contribution >= 4 is 11.9 Å². The highest BCUT2D eigenvalue weighted by atomic mass is 16.5. The first kappa shape index (κ1) is 15.8. The summed E-state index contributed by atoms with van der Waals surface area (Å²) in [7, 11) is 3.01. The Hall–Kier alpha value is -1.62. The maximum absolute atomic E-state index is 10.5. The molecule has 1 N–H and O–H groups in total. The average Bonchev–Trinajstić information content (AvgIpc) is 2.25. The molecule has 0 aliphatic carbocycles. The third-order valence-corrected chi connectivity index (χ3v) is 1.06. The molecular weight excluding hydrogens is 198 g/mol. The standard InChI is InChI=1S/C6H11NO2.C4H6O2/c1-5(2)6(8)9-4-7-3;1-3-4(5)6-2/h7H,1,4H2,2-3H3;3H,1H2,2H3. The number of methoxy groups -OCH3 is 1. The second-order valence-corrected chi connectivity index (χ2v) is 2.44. The van der Waals surface area contributed by atoms with E-state index in [4.69, 9.17) is 0 Å². The topological polar surface area (TPSA) is 64.6 Å². The van der Waals surface area contributed by atoms with Crippen LogP contribution < -0.4 is 5.32 Å². The van der Waals surface area contributed by atoms with Crippen LogP contribution in [0.1, 0.15) is 6.92 Å². The molecule has 0 fully saturated rings. The summed E-state index contributed by atoms with van der Waals surface area (Å²) in [5, 5.41) is 2.67. The summed E-state index contributed by atoms with van der Waals surface area (Å²) in [4.78, 5) is 20.4. The van der Waals surface area contributed by atoms with Crippen LogP contribution in [0, 0.1) is 0 Å². The van der Waals surface area contributed by atoms with Gasteiger partial charge in [0.05, 0.1) is 7.11 Å². The highest BCUT2D eigenvalue weighted by molar-refractivity contribution is 5.86. The van der Waals surface area contributed by atoms with Gasteiger partial charge in [-0.05, 0) is 14.0 Å². The molecule has 86 valence electrons. The number of hydrogen-bond donors (Lipinski definition) is 1. The molecule has 0 bridgehead atoms. The lowest BCUT2D eigenvalue weighted by atomic mass is 10.4. The number of carbonyl (C=O) groups is 2. The summed E-state index contributed by atoms with van der Waals surface area (Å²) in [5.74, 6) is -0.751. The second-order valence-electron chi connectivity index (χ2n) is 2.44. The van der Waals surface area contributed by atoms with Gasteiger partial charge in [-0.2, -0.15) is 0 Å². The maximum Gasteiger partial charge on any atom is 0.334 e. The molecule has 0 rings (SSSR count). The molecule has 5 nitrogen and oxygen atoms in total. The zero-order valence-electron chi connectivity index (χ0n) is 9.33. The Labute approximate surface area is 89.8 Å². The number of rotatable bonds is 4. The van der Waals surface area contributed by atoms with Crippen LogP contribution in [0.15, 0.2) is 24.8 Å². The third-order valence-electron chi connectivity index (χ3n) is 1.06. The van der Waals surface area contributed by atoms with Crippen molar-refractivity contribution in [1.82, 2.24) is 5.32 Å². The number of nitrogens with one attached hydrogen (secondary N) is 1. The summed E-state index contributed by atoms with van der Waals surface area (Å²) in [5.41, 5.74) is 0.422. The fourth-order valence-electron chi connectivity index (χ4n) is 0.344. The average molecular weight is 215 g/mol. The molecule has 0 atom stereocenters. The molecule has 0 aromatic carbocycles. The van der Waals surface area contributed by atoms with E-state index >= 15 is 0 Å². The smallest absolute Gasteiger partial charge is 0.334 e. The van der Waals surface area contributed by atoms with Gasteiger partial charge in [0.2, 0.25) is 0 Å². The summed E-state index contributed by atoms with van der Waals surface area (Å²) in [6.45, 7) is 8.41. The SMILES string of the molecule is C=C(C)C(=O)OCNC.C=CC(=O)OC. The third kappa shape index (κ3) is 12.4. The van der Waals surface area contributed by atoms with Crippen LogP contribution in [-0.4, -0.2) is 32.8 Å². The largest absolute Gasteiger partial charge is 0.466 e. The van der Waals surface area contributed by atoms with Crippen LogP contribution in [0.25, 0.3) is 0 Å². The molecule has 0 saturated carbocycles. The molecule has 0 aliphatic heterocycles. The Morgan fingerprint density at radius 2 is 2.00 bits per heavy atom. The van der Waals surface area contributed by atoms with E-state index in [1.807, 2.05) is 0 Å². The Morgan fingerprint density at radius 1 is 1.47 bits per heavy atom. The normalized spacial score (nSPS) is 7.93. The molecule has 0 radical (unpaired) electrons. The molecule has 0 amide bonds. The number of carbonyl (C=O) groups excluding carboxylic acids is 2. The predicted molar refractivity (Wildman–Crippen MR) is 57.0 cm³/mol. The molecule has 0 aliphatic rings. The van der Waals surface area contributed by atoms with E-state index in [-0.39, 0.29) is 12.7 Å². The number of esters is 2. The maximum atomic E-state index is 10.5. The van der Waals surface area contributed by atoms with E-state index in [2.05, 4.69) is 27.9 Å². The van der Waals surface area contributed by atoms with Crippen LogP contribution in [0.5, 0.6) is 0 Å². The van der Waals surface area contributed by atoms with E-state index in [0.717, 1.165) is 6.08 Å². The van der Waals surface area contributed by atoms with Crippen LogP contribution in [-0.2, 0) is 19.1 Å². The summed E-state index contributed by atoms with van der Waals surface area (Å²) >= 11 is 0. The minimum absolute atomic E-state index is 0.242. The second kappa shape index (κ2) is 10.5. The van der Waals surface area contributed by atoms with Crippen molar-refractivity contribution in [3.05, 3.63) is 24.8 Å². The van der Waals surface area contributed by atoms with Crippen LogP contribution in [0.3, 0.4) is 0 Å². The first-order valence-corrected chi connectivity index (χ1v) is 4.17. The molecule has 0 saturated heterocycles. The van der Waals surface area contributed by atoms with E-state index in [9.17, 15) is 9.59 Å². The molecule has 0 aromatic heterocycles. The van der Waals surface area contributed by atoms with Gasteiger partial charge in [-0.1, -0.05) is 13.2 Å². The zero-order chi connectivity index (χ0) is 12.3. The Balaban J connectivity index is 0. The van der Waals surface area contributed by atoms with Gasteiger partial charge >= 0.3 is 11.9 Å². The number of hydrogen-bond acceptors (Lipinski definition) is 5. The monoisotopic (exact) mass is 215 g/mol. The lowest BCUT2D eigenvalue weighted by Crippen LogP contribution is -2.16. The van der Waals surface area contributed by atoms with E-state index in [0.29, 0.717) is 5.57 Å². The van der Waals surface area contributed by atoms with Crippen molar-refractivity contribution in [3.8, 4) is 0 Å².